The maximum absolute atomic E-state index is 13.7. The highest BCUT2D eigenvalue weighted by atomic mass is 32.1. The molecule has 3 aromatic rings. The number of aryl methyl sites for hydroxylation is 2. The van der Waals surface area contributed by atoms with Crippen LogP contribution >= 0.6 is 11.3 Å². The topological polar surface area (TPSA) is 81.7 Å². The summed E-state index contributed by atoms with van der Waals surface area (Å²) in [4.78, 5) is 34.0. The molecule has 9 heteroatoms. The fraction of sp³-hybridized carbons (Fsp3) is 0.385. The molecular weight excluding hydrogens is 462 g/mol. The maximum atomic E-state index is 13.7. The van der Waals surface area contributed by atoms with E-state index in [1.165, 1.54) is 18.4 Å². The third-order valence-corrected chi connectivity index (χ3v) is 7.59. The van der Waals surface area contributed by atoms with Crippen LogP contribution in [-0.2, 0) is 16.6 Å². The van der Waals surface area contributed by atoms with Crippen molar-refractivity contribution < 1.29 is 9.53 Å². The molecule has 1 aliphatic rings. The first-order valence-corrected chi connectivity index (χ1v) is 12.5. The number of fused-ring (bicyclic) bond motifs is 1. The van der Waals surface area contributed by atoms with Crippen LogP contribution in [0.25, 0.3) is 6.08 Å². The van der Waals surface area contributed by atoms with E-state index >= 15 is 0 Å². The molecule has 1 aliphatic heterocycles. The number of ether oxygens (including phenoxy) is 1. The van der Waals surface area contributed by atoms with Crippen molar-refractivity contribution in [2.24, 2.45) is 12.0 Å². The van der Waals surface area contributed by atoms with E-state index in [4.69, 9.17) is 4.74 Å². The Balaban J connectivity index is 1.93. The summed E-state index contributed by atoms with van der Waals surface area (Å²) >= 11 is 1.32. The van der Waals surface area contributed by atoms with E-state index in [-0.39, 0.29) is 5.56 Å². The van der Waals surface area contributed by atoms with Gasteiger partial charge in [-0.25, -0.2) is 9.79 Å². The molecule has 0 aliphatic carbocycles. The predicted octanol–water partition coefficient (Wildman–Crippen LogP) is 2.60. The molecule has 2 aromatic heterocycles. The summed E-state index contributed by atoms with van der Waals surface area (Å²) in [6, 6.07) is 7.40. The number of rotatable bonds is 6. The molecule has 0 saturated carbocycles. The Morgan fingerprint density at radius 2 is 1.83 bits per heavy atom. The normalized spacial score (nSPS) is 15.7. The molecule has 8 nitrogen and oxygen atoms in total. The Bertz CT molecular complexity index is 1490. The number of benzene rings is 1. The maximum Gasteiger partial charge on any atom is 0.338 e. The molecule has 3 heterocycles. The van der Waals surface area contributed by atoms with E-state index in [1.54, 1.807) is 16.2 Å². The van der Waals surface area contributed by atoms with Crippen molar-refractivity contribution in [2.75, 3.05) is 25.1 Å². The molecule has 0 spiro atoms. The van der Waals surface area contributed by atoms with Crippen molar-refractivity contribution in [3.05, 3.63) is 77.7 Å². The van der Waals surface area contributed by atoms with Crippen molar-refractivity contribution in [3.8, 4) is 0 Å². The van der Waals surface area contributed by atoms with Gasteiger partial charge in [-0.05, 0) is 58.4 Å². The number of carbonyl (C=O) groups is 1. The Morgan fingerprint density at radius 3 is 2.37 bits per heavy atom. The van der Waals surface area contributed by atoms with Crippen molar-refractivity contribution in [1.29, 1.82) is 0 Å². The highest BCUT2D eigenvalue weighted by molar-refractivity contribution is 7.07. The van der Waals surface area contributed by atoms with Gasteiger partial charge in [0.05, 0.1) is 34.6 Å². The molecular formula is C26H31N5O3S. The van der Waals surface area contributed by atoms with Gasteiger partial charge in [-0.3, -0.25) is 14.0 Å². The van der Waals surface area contributed by atoms with Crippen LogP contribution in [0, 0.1) is 13.8 Å². The highest BCUT2D eigenvalue weighted by Gasteiger charge is 2.33. The minimum atomic E-state index is -0.623. The largest absolute Gasteiger partial charge is 0.466 e. The second-order valence-corrected chi connectivity index (χ2v) is 9.55. The first kappa shape index (κ1) is 24.7. The minimum Gasteiger partial charge on any atom is -0.466 e. The molecule has 1 atom stereocenters. The van der Waals surface area contributed by atoms with E-state index in [2.05, 4.69) is 28.8 Å². The van der Waals surface area contributed by atoms with Gasteiger partial charge < -0.3 is 9.64 Å². The molecule has 35 heavy (non-hydrogen) atoms. The van der Waals surface area contributed by atoms with E-state index in [0.717, 1.165) is 41.3 Å². The van der Waals surface area contributed by atoms with Crippen molar-refractivity contribution in [1.82, 2.24) is 14.3 Å². The van der Waals surface area contributed by atoms with Crippen LogP contribution in [0.15, 0.2) is 45.3 Å². The number of allylic oxidation sites excluding steroid dienone is 1. The third-order valence-electron chi connectivity index (χ3n) is 6.60. The number of carbonyl (C=O) groups excluding carboxylic acids is 1. The minimum absolute atomic E-state index is 0.192. The number of esters is 1. The summed E-state index contributed by atoms with van der Waals surface area (Å²) in [5, 5.41) is 4.46. The van der Waals surface area contributed by atoms with Gasteiger partial charge in [-0.2, -0.15) is 5.10 Å². The lowest BCUT2D eigenvalue weighted by Crippen LogP contribution is -2.39. The van der Waals surface area contributed by atoms with Crippen LogP contribution < -0.4 is 19.8 Å². The zero-order valence-electron chi connectivity index (χ0n) is 21.2. The molecule has 4 rings (SSSR count). The SMILES string of the molecule is CCN(CC)c1ccc([C@@H]2C(C(=O)OC)=C(C)N=c3s/c(=C/c4c(C)nn(C)c4C)c(=O)n32)cc1. The van der Waals surface area contributed by atoms with E-state index in [0.29, 0.717) is 20.6 Å². The van der Waals surface area contributed by atoms with Gasteiger partial charge in [0.15, 0.2) is 4.80 Å². The first-order chi connectivity index (χ1) is 16.7. The van der Waals surface area contributed by atoms with Gasteiger partial charge in [0.25, 0.3) is 5.56 Å². The summed E-state index contributed by atoms with van der Waals surface area (Å²) < 4.78 is 9.07. The summed E-state index contributed by atoms with van der Waals surface area (Å²) in [5.41, 5.74) is 5.40. The Morgan fingerprint density at radius 1 is 1.17 bits per heavy atom. The summed E-state index contributed by atoms with van der Waals surface area (Å²) in [6.07, 6.45) is 1.87. The van der Waals surface area contributed by atoms with Gasteiger partial charge >= 0.3 is 5.97 Å². The Kier molecular flexibility index (Phi) is 6.80. The van der Waals surface area contributed by atoms with Crippen LogP contribution in [-0.4, -0.2) is 40.5 Å². The van der Waals surface area contributed by atoms with Crippen LogP contribution in [0.5, 0.6) is 0 Å². The smallest absolute Gasteiger partial charge is 0.338 e. The van der Waals surface area contributed by atoms with Gasteiger partial charge in [0, 0.05) is 37.1 Å². The number of nitrogens with zero attached hydrogens (tertiary/aromatic N) is 5. The van der Waals surface area contributed by atoms with Crippen LogP contribution in [0.4, 0.5) is 5.69 Å². The summed E-state index contributed by atoms with van der Waals surface area (Å²) in [5.74, 6) is -0.489. The quantitative estimate of drug-likeness (QED) is 0.493. The van der Waals surface area contributed by atoms with Crippen LogP contribution in [0.2, 0.25) is 0 Å². The zero-order chi connectivity index (χ0) is 25.4. The van der Waals surface area contributed by atoms with Crippen LogP contribution in [0.1, 0.15) is 49.3 Å². The van der Waals surface area contributed by atoms with Crippen molar-refractivity contribution in [3.63, 3.8) is 0 Å². The highest BCUT2D eigenvalue weighted by Crippen LogP contribution is 2.31. The molecule has 0 unspecified atom stereocenters. The monoisotopic (exact) mass is 493 g/mol. The second kappa shape index (κ2) is 9.65. The molecule has 1 aromatic carbocycles. The van der Waals surface area contributed by atoms with E-state index in [1.807, 2.05) is 51.2 Å². The summed E-state index contributed by atoms with van der Waals surface area (Å²) in [7, 11) is 3.23. The molecule has 0 bridgehead atoms. The molecule has 0 radical (unpaired) electrons. The number of hydrogen-bond donors (Lipinski definition) is 0. The zero-order valence-corrected chi connectivity index (χ0v) is 22.1. The third kappa shape index (κ3) is 4.25. The molecule has 0 saturated heterocycles. The first-order valence-electron chi connectivity index (χ1n) is 11.7. The van der Waals surface area contributed by atoms with Gasteiger partial charge in [0.1, 0.15) is 0 Å². The molecule has 0 N–H and O–H groups in total. The number of aromatic nitrogens is 3. The van der Waals surface area contributed by atoms with E-state index < -0.39 is 12.0 Å². The fourth-order valence-corrected chi connectivity index (χ4v) is 5.62. The van der Waals surface area contributed by atoms with Crippen molar-refractivity contribution in [2.45, 2.75) is 40.7 Å². The number of methoxy groups -OCH3 is 1. The molecule has 184 valence electrons. The number of anilines is 1. The lowest BCUT2D eigenvalue weighted by molar-refractivity contribution is -0.136. The second-order valence-electron chi connectivity index (χ2n) is 8.55. The average molecular weight is 494 g/mol. The molecule has 0 fully saturated rings. The number of hydrogen-bond acceptors (Lipinski definition) is 7. The lowest BCUT2D eigenvalue weighted by atomic mass is 9.95. The van der Waals surface area contributed by atoms with Gasteiger partial charge in [-0.1, -0.05) is 23.5 Å². The van der Waals surface area contributed by atoms with Gasteiger partial charge in [-0.15, -0.1) is 0 Å². The average Bonchev–Trinajstić information content (AvgIpc) is 3.28. The standard InChI is InChI=1S/C26H31N5O3S/c1-8-30(9-2)19-12-10-18(11-13-19)23-22(25(33)34-7)16(4)27-26-31(23)24(32)21(35-26)14-20-15(3)28-29(6)17(20)5/h10-14,23H,8-9H2,1-7H3/b21-14+/t23-/m1/s1. The van der Waals surface area contributed by atoms with Crippen molar-refractivity contribution >= 4 is 29.1 Å². The molecule has 0 amide bonds. The van der Waals surface area contributed by atoms with Gasteiger partial charge in [0.2, 0.25) is 0 Å². The summed E-state index contributed by atoms with van der Waals surface area (Å²) in [6.45, 7) is 11.7. The number of thiazole rings is 1. The lowest BCUT2D eigenvalue weighted by Gasteiger charge is -2.26. The fourth-order valence-electron chi connectivity index (χ4n) is 4.59. The predicted molar refractivity (Wildman–Crippen MR) is 138 cm³/mol. The van der Waals surface area contributed by atoms with E-state index in [9.17, 15) is 9.59 Å². The van der Waals surface area contributed by atoms with Crippen LogP contribution in [0.3, 0.4) is 0 Å². The Labute approximate surface area is 208 Å². The Hall–Kier alpha value is -3.46.